The van der Waals surface area contributed by atoms with Crippen molar-refractivity contribution in [2.75, 3.05) is 32.0 Å². The molecule has 0 saturated carbocycles. The molecule has 1 saturated heterocycles. The molecular formula is C14H21N3O2S. The molecule has 20 heavy (non-hydrogen) atoms. The number of hydrazine groups is 1. The van der Waals surface area contributed by atoms with Crippen molar-refractivity contribution in [2.24, 2.45) is 5.84 Å². The summed E-state index contributed by atoms with van der Waals surface area (Å²) < 4.78 is 5.73. The van der Waals surface area contributed by atoms with E-state index >= 15 is 0 Å². The van der Waals surface area contributed by atoms with Gasteiger partial charge in [0.25, 0.3) is 5.91 Å². The first-order valence-corrected chi connectivity index (χ1v) is 7.82. The van der Waals surface area contributed by atoms with E-state index in [1.807, 2.05) is 17.8 Å². The van der Waals surface area contributed by atoms with Crippen LogP contribution < -0.4 is 16.0 Å². The molecule has 1 fully saturated rings. The molecule has 1 heterocycles. The molecular weight excluding hydrogens is 274 g/mol. The lowest BCUT2D eigenvalue weighted by molar-refractivity contribution is 0.0949. The summed E-state index contributed by atoms with van der Waals surface area (Å²) >= 11 is 2.01. The Bertz CT molecular complexity index is 456. The van der Waals surface area contributed by atoms with Crippen LogP contribution in [0.2, 0.25) is 0 Å². The monoisotopic (exact) mass is 295 g/mol. The van der Waals surface area contributed by atoms with Crippen LogP contribution in [0.5, 0.6) is 5.75 Å². The second-order valence-corrected chi connectivity index (χ2v) is 6.35. The minimum Gasteiger partial charge on any atom is -0.491 e. The van der Waals surface area contributed by atoms with E-state index in [0.717, 1.165) is 19.6 Å². The largest absolute Gasteiger partial charge is 0.491 e. The van der Waals surface area contributed by atoms with Crippen LogP contribution in [0.15, 0.2) is 24.3 Å². The summed E-state index contributed by atoms with van der Waals surface area (Å²) in [5.41, 5.74) is 2.61. The number of nitrogen functional groups attached to an aromatic ring is 1. The van der Waals surface area contributed by atoms with Gasteiger partial charge < -0.3 is 4.74 Å². The van der Waals surface area contributed by atoms with Crippen LogP contribution in [-0.2, 0) is 0 Å². The van der Waals surface area contributed by atoms with Crippen molar-refractivity contribution < 1.29 is 9.53 Å². The zero-order chi connectivity index (χ0) is 14.4. The van der Waals surface area contributed by atoms with E-state index in [-0.39, 0.29) is 5.91 Å². The predicted molar refractivity (Wildman–Crippen MR) is 82.0 cm³/mol. The van der Waals surface area contributed by atoms with E-state index in [1.165, 1.54) is 5.75 Å². The zero-order valence-corrected chi connectivity index (χ0v) is 12.5. The van der Waals surface area contributed by atoms with Gasteiger partial charge >= 0.3 is 0 Å². The van der Waals surface area contributed by atoms with Crippen LogP contribution >= 0.6 is 11.8 Å². The third-order valence-electron chi connectivity index (χ3n) is 3.25. The fourth-order valence-electron chi connectivity index (χ4n) is 2.24. The van der Waals surface area contributed by atoms with Crippen molar-refractivity contribution in [1.82, 2.24) is 10.3 Å². The third kappa shape index (κ3) is 4.13. The van der Waals surface area contributed by atoms with Crippen molar-refractivity contribution in [3.63, 3.8) is 0 Å². The maximum Gasteiger partial charge on any atom is 0.268 e. The number of nitrogens with two attached hydrogens (primary N) is 1. The van der Waals surface area contributed by atoms with Crippen LogP contribution in [0.1, 0.15) is 17.3 Å². The van der Waals surface area contributed by atoms with E-state index in [2.05, 4.69) is 17.2 Å². The number of carbonyl (C=O) groups excluding carboxylic acids is 1. The van der Waals surface area contributed by atoms with Crippen LogP contribution in [0.4, 0.5) is 0 Å². The number of hydrogen-bond donors (Lipinski definition) is 2. The second-order valence-electron chi connectivity index (χ2n) is 4.80. The van der Waals surface area contributed by atoms with Crippen molar-refractivity contribution in [1.29, 1.82) is 0 Å². The summed E-state index contributed by atoms with van der Waals surface area (Å²) in [4.78, 5) is 14.0. The number of amides is 1. The number of ether oxygens (including phenoxy) is 1. The Hall–Kier alpha value is -1.24. The quantitative estimate of drug-likeness (QED) is 0.484. The molecule has 3 N–H and O–H groups in total. The van der Waals surface area contributed by atoms with Crippen molar-refractivity contribution in [3.8, 4) is 5.75 Å². The summed E-state index contributed by atoms with van der Waals surface area (Å²) in [6.45, 7) is 5.90. The fraction of sp³-hybridized carbons (Fsp3) is 0.500. The smallest absolute Gasteiger partial charge is 0.268 e. The number of hydrogen-bond acceptors (Lipinski definition) is 5. The van der Waals surface area contributed by atoms with Gasteiger partial charge in [0.1, 0.15) is 12.4 Å². The summed E-state index contributed by atoms with van der Waals surface area (Å²) in [5, 5.41) is 0.680. The molecule has 6 heteroatoms. The number of thioether (sulfide) groups is 1. The molecule has 0 aromatic heterocycles. The van der Waals surface area contributed by atoms with Gasteiger partial charge in [-0.05, 0) is 12.1 Å². The average Bonchev–Trinajstić information content (AvgIpc) is 2.47. The first-order chi connectivity index (χ1) is 9.70. The first kappa shape index (κ1) is 15.2. The Morgan fingerprint density at radius 1 is 1.55 bits per heavy atom. The number of carbonyl (C=O) groups is 1. The molecule has 5 nitrogen and oxygen atoms in total. The highest BCUT2D eigenvalue weighted by Crippen LogP contribution is 2.19. The number of para-hydroxylation sites is 1. The van der Waals surface area contributed by atoms with Gasteiger partial charge in [0.05, 0.1) is 5.56 Å². The van der Waals surface area contributed by atoms with Crippen molar-refractivity contribution >= 4 is 17.7 Å². The Kier molecular flexibility index (Phi) is 5.70. The molecule has 0 radical (unpaired) electrons. The van der Waals surface area contributed by atoms with E-state index in [4.69, 9.17) is 10.6 Å². The van der Waals surface area contributed by atoms with Gasteiger partial charge in [0.15, 0.2) is 0 Å². The lowest BCUT2D eigenvalue weighted by Gasteiger charge is -2.30. The summed E-state index contributed by atoms with van der Waals surface area (Å²) in [7, 11) is 0. The molecule has 0 bridgehead atoms. The highest BCUT2D eigenvalue weighted by atomic mass is 32.2. The molecule has 0 aliphatic carbocycles. The zero-order valence-electron chi connectivity index (χ0n) is 11.7. The predicted octanol–water partition coefficient (Wildman–Crippen LogP) is 1.11. The van der Waals surface area contributed by atoms with Gasteiger partial charge in [-0.2, -0.15) is 11.8 Å². The number of nitrogens with zero attached hydrogens (tertiary/aromatic N) is 1. The Labute approximate surface area is 123 Å². The van der Waals surface area contributed by atoms with Gasteiger partial charge in [0.2, 0.25) is 0 Å². The van der Waals surface area contributed by atoms with Crippen LogP contribution in [0, 0.1) is 0 Å². The van der Waals surface area contributed by atoms with Gasteiger partial charge in [-0.15, -0.1) is 0 Å². The van der Waals surface area contributed by atoms with Crippen molar-refractivity contribution in [2.45, 2.75) is 12.2 Å². The third-order valence-corrected chi connectivity index (χ3v) is 4.39. The normalized spacial score (nSPS) is 19.6. The summed E-state index contributed by atoms with van der Waals surface area (Å²) in [5.74, 6) is 6.59. The molecule has 1 aliphatic heterocycles. The minimum absolute atomic E-state index is 0.330. The molecule has 1 aromatic rings. The molecule has 110 valence electrons. The molecule has 0 spiro atoms. The minimum atomic E-state index is -0.330. The van der Waals surface area contributed by atoms with E-state index < -0.39 is 0 Å². The van der Waals surface area contributed by atoms with Gasteiger partial charge in [-0.25, -0.2) is 5.84 Å². The van der Waals surface area contributed by atoms with Crippen LogP contribution in [0.25, 0.3) is 0 Å². The molecule has 1 atom stereocenters. The number of rotatable bonds is 5. The number of nitrogens with one attached hydrogen (secondary N) is 1. The molecule has 1 aliphatic rings. The standard InChI is InChI=1S/C14H21N3O2S/c1-11-10-17(7-9-20-11)6-8-19-13-5-3-2-4-12(13)14(18)16-15/h2-5,11H,6-10,15H2,1H3,(H,16,18). The average molecular weight is 295 g/mol. The first-order valence-electron chi connectivity index (χ1n) is 6.77. The van der Waals surface area contributed by atoms with Crippen LogP contribution in [0.3, 0.4) is 0 Å². The Balaban J connectivity index is 1.86. The SMILES string of the molecule is CC1CN(CCOc2ccccc2C(=O)NN)CCS1. The van der Waals surface area contributed by atoms with Crippen LogP contribution in [-0.4, -0.2) is 48.1 Å². The van der Waals surface area contributed by atoms with E-state index in [0.29, 0.717) is 23.2 Å². The lowest BCUT2D eigenvalue weighted by Crippen LogP contribution is -2.39. The maximum absolute atomic E-state index is 11.6. The highest BCUT2D eigenvalue weighted by molar-refractivity contribution is 7.99. The second kappa shape index (κ2) is 7.52. The molecule has 1 aromatic carbocycles. The van der Waals surface area contributed by atoms with Gasteiger partial charge in [-0.1, -0.05) is 19.1 Å². The molecule has 1 amide bonds. The topological polar surface area (TPSA) is 67.6 Å². The van der Waals surface area contributed by atoms with Gasteiger partial charge in [0, 0.05) is 30.6 Å². The van der Waals surface area contributed by atoms with Gasteiger partial charge in [-0.3, -0.25) is 15.1 Å². The highest BCUT2D eigenvalue weighted by Gasteiger charge is 2.16. The molecule has 1 unspecified atom stereocenters. The van der Waals surface area contributed by atoms with E-state index in [1.54, 1.807) is 18.2 Å². The Morgan fingerprint density at radius 3 is 3.10 bits per heavy atom. The molecule has 2 rings (SSSR count). The maximum atomic E-state index is 11.6. The summed E-state index contributed by atoms with van der Waals surface area (Å²) in [6.07, 6.45) is 0. The lowest BCUT2D eigenvalue weighted by atomic mass is 10.2. The number of benzene rings is 1. The van der Waals surface area contributed by atoms with Crippen molar-refractivity contribution in [3.05, 3.63) is 29.8 Å². The summed E-state index contributed by atoms with van der Waals surface area (Å²) in [6, 6.07) is 7.14. The fourth-order valence-corrected chi connectivity index (χ4v) is 3.32. The van der Waals surface area contributed by atoms with E-state index in [9.17, 15) is 4.79 Å². The Morgan fingerprint density at radius 2 is 2.35 bits per heavy atom.